The van der Waals surface area contributed by atoms with E-state index in [0.717, 1.165) is 0 Å². The molecule has 0 fully saturated rings. The van der Waals surface area contributed by atoms with E-state index in [0.29, 0.717) is 0 Å². The van der Waals surface area contributed by atoms with E-state index in [1.165, 1.54) is 85.4 Å². The molecule has 0 saturated carbocycles. The minimum absolute atomic E-state index is 0.222. The first kappa shape index (κ1) is 25.0. The summed E-state index contributed by atoms with van der Waals surface area (Å²) in [6.45, 7) is 0. The molecule has 10 aromatic rings. The van der Waals surface area contributed by atoms with Gasteiger partial charge in [-0.25, -0.2) is 0 Å². The second kappa shape index (κ2) is 9.58. The van der Waals surface area contributed by atoms with Gasteiger partial charge in [-0.15, -0.1) is 0 Å². The quantitative estimate of drug-likeness (QED) is 0.171. The first-order chi connectivity index (χ1) is 22.3. The van der Waals surface area contributed by atoms with Crippen LogP contribution in [-0.2, 0) is 0 Å². The molecule has 0 radical (unpaired) electrons. The number of nitrogens with zero attached hydrogens (tertiary/aromatic N) is 2. The summed E-state index contributed by atoms with van der Waals surface area (Å²) in [5, 5.41) is 7.85. The molecule has 0 atom stereocenters. The van der Waals surface area contributed by atoms with Crippen molar-refractivity contribution in [1.29, 1.82) is 0 Å². The van der Waals surface area contributed by atoms with Gasteiger partial charge in [0.15, 0.2) is 0 Å². The van der Waals surface area contributed by atoms with Crippen molar-refractivity contribution in [2.75, 3.05) is 0 Å². The van der Waals surface area contributed by atoms with E-state index in [4.69, 9.17) is 0 Å². The minimum atomic E-state index is 0.222. The Bertz CT molecular complexity index is 2710. The molecule has 0 spiro atoms. The number of para-hydroxylation sites is 3. The topological polar surface area (TPSA) is 9.86 Å². The molecular weight excluding hydrogens is 611 g/mol. The Morgan fingerprint density at radius 1 is 0.400 bits per heavy atom. The molecule has 0 unspecified atom stereocenters. The maximum absolute atomic E-state index is 2.52. The predicted molar refractivity (Wildman–Crippen MR) is 193 cm³/mol. The van der Waals surface area contributed by atoms with E-state index in [1.807, 2.05) is 0 Å². The fourth-order valence-electron chi connectivity index (χ4n) is 7.42. The summed E-state index contributed by atoms with van der Waals surface area (Å²) >= 11 is 0.222. The Hall–Kier alpha value is -5.34. The summed E-state index contributed by atoms with van der Waals surface area (Å²) in [6.07, 6.45) is 0. The molecule has 3 heterocycles. The number of aromatic nitrogens is 2. The van der Waals surface area contributed by atoms with Crippen LogP contribution in [0, 0.1) is 0 Å². The third-order valence-corrected chi connectivity index (χ3v) is 11.8. The molecule has 2 nitrogen and oxygen atoms in total. The molecule has 0 bridgehead atoms. The second-order valence-corrected chi connectivity index (χ2v) is 13.9. The van der Waals surface area contributed by atoms with Gasteiger partial charge in [0.2, 0.25) is 0 Å². The van der Waals surface area contributed by atoms with Crippen LogP contribution in [0.4, 0.5) is 0 Å². The summed E-state index contributed by atoms with van der Waals surface area (Å²) in [5.74, 6) is 0. The van der Waals surface area contributed by atoms with Gasteiger partial charge < -0.3 is 0 Å². The number of benzene rings is 7. The number of rotatable bonds is 3. The average Bonchev–Trinajstić information content (AvgIpc) is 3.76. The van der Waals surface area contributed by atoms with Crippen molar-refractivity contribution in [3.8, 4) is 22.5 Å². The summed E-state index contributed by atoms with van der Waals surface area (Å²) in [5.41, 5.74) is 9.99. The molecule has 45 heavy (non-hydrogen) atoms. The van der Waals surface area contributed by atoms with Gasteiger partial charge in [0.05, 0.1) is 0 Å². The average molecular weight is 638 g/mol. The number of hydrogen-bond donors (Lipinski definition) is 0. The van der Waals surface area contributed by atoms with Crippen molar-refractivity contribution in [1.82, 2.24) is 9.13 Å². The zero-order valence-corrected chi connectivity index (χ0v) is 26.0. The van der Waals surface area contributed by atoms with E-state index in [9.17, 15) is 0 Å². The van der Waals surface area contributed by atoms with Crippen LogP contribution in [0.1, 0.15) is 0 Å². The second-order valence-electron chi connectivity index (χ2n) is 11.7. The Morgan fingerprint density at radius 2 is 0.978 bits per heavy atom. The normalized spacial score (nSPS) is 12.0. The Morgan fingerprint density at radius 3 is 1.69 bits per heavy atom. The van der Waals surface area contributed by atoms with Crippen LogP contribution in [-0.4, -0.2) is 23.6 Å². The van der Waals surface area contributed by atoms with Gasteiger partial charge in [-0.1, -0.05) is 0 Å². The Kier molecular flexibility index (Phi) is 5.33. The molecule has 7 aromatic carbocycles. The Labute approximate surface area is 265 Å². The Balaban J connectivity index is 1.31. The molecule has 0 saturated heterocycles. The van der Waals surface area contributed by atoms with E-state index < -0.39 is 0 Å². The van der Waals surface area contributed by atoms with Gasteiger partial charge in [-0.2, -0.15) is 0 Å². The third kappa shape index (κ3) is 3.57. The first-order valence-corrected chi connectivity index (χ1v) is 17.1. The van der Waals surface area contributed by atoms with Gasteiger partial charge in [0, 0.05) is 0 Å². The zero-order chi connectivity index (χ0) is 29.5. The van der Waals surface area contributed by atoms with Crippen LogP contribution in [0.3, 0.4) is 0 Å². The van der Waals surface area contributed by atoms with Crippen molar-refractivity contribution < 1.29 is 0 Å². The number of fused-ring (bicyclic) bond motifs is 9. The molecule has 3 aromatic heterocycles. The summed E-state index contributed by atoms with van der Waals surface area (Å²) in [7, 11) is 0. The molecular formula is C42H26N2Se. The van der Waals surface area contributed by atoms with Crippen molar-refractivity contribution in [3.63, 3.8) is 0 Å². The van der Waals surface area contributed by atoms with E-state index in [1.54, 1.807) is 0 Å². The van der Waals surface area contributed by atoms with E-state index in [-0.39, 0.29) is 14.5 Å². The monoisotopic (exact) mass is 638 g/mol. The van der Waals surface area contributed by atoms with Gasteiger partial charge in [0.1, 0.15) is 0 Å². The van der Waals surface area contributed by atoms with Gasteiger partial charge in [0.25, 0.3) is 0 Å². The molecule has 10 rings (SSSR count). The van der Waals surface area contributed by atoms with Crippen LogP contribution >= 0.6 is 0 Å². The summed E-state index contributed by atoms with van der Waals surface area (Å²) in [4.78, 5) is 0. The molecule has 3 heteroatoms. The van der Waals surface area contributed by atoms with Crippen molar-refractivity contribution in [3.05, 3.63) is 158 Å². The van der Waals surface area contributed by atoms with E-state index in [2.05, 4.69) is 167 Å². The molecule has 210 valence electrons. The van der Waals surface area contributed by atoms with Crippen molar-refractivity contribution in [2.45, 2.75) is 0 Å². The predicted octanol–water partition coefficient (Wildman–Crippen LogP) is 10.9. The fourth-order valence-corrected chi connectivity index (χ4v) is 10.1. The summed E-state index contributed by atoms with van der Waals surface area (Å²) < 4.78 is 7.86. The molecule has 0 amide bonds. The zero-order valence-electron chi connectivity index (χ0n) is 24.3. The van der Waals surface area contributed by atoms with Crippen molar-refractivity contribution in [2.24, 2.45) is 0 Å². The molecule has 0 N–H and O–H groups in total. The molecule has 0 aliphatic carbocycles. The summed E-state index contributed by atoms with van der Waals surface area (Å²) in [6, 6.07) is 58.0. The maximum atomic E-state index is 2.52. The van der Waals surface area contributed by atoms with Crippen LogP contribution in [0.5, 0.6) is 0 Å². The molecule has 0 aliphatic heterocycles. The van der Waals surface area contributed by atoms with E-state index >= 15 is 0 Å². The van der Waals surface area contributed by atoms with Crippen LogP contribution < -0.4 is 0 Å². The van der Waals surface area contributed by atoms with Crippen LogP contribution in [0.25, 0.3) is 85.4 Å². The van der Waals surface area contributed by atoms with Crippen molar-refractivity contribution >= 4 is 77.4 Å². The standard InChI is InChI=1S/C42H26N2Se/c1-2-12-27(13-3-1)29-17-10-18-34-41-38(22-11-23-40(41)45-42(29)34)44-37-21-9-6-16-32(37)33-25-24-28(26-39(33)44)43-35-19-7-4-14-30(35)31-15-5-8-20-36(31)43/h1-26H. The van der Waals surface area contributed by atoms with Gasteiger partial charge in [-0.3, -0.25) is 0 Å². The van der Waals surface area contributed by atoms with Crippen LogP contribution in [0.2, 0.25) is 0 Å². The van der Waals surface area contributed by atoms with Crippen LogP contribution in [0.15, 0.2) is 158 Å². The first-order valence-electron chi connectivity index (χ1n) is 15.4. The number of hydrogen-bond acceptors (Lipinski definition) is 0. The van der Waals surface area contributed by atoms with Gasteiger partial charge >= 0.3 is 267 Å². The SMILES string of the molecule is c1ccc(-c2cccc3c2[se]c2cccc(-n4c5ccccc5c5ccc(-n6c7ccccc7c7ccccc76)cc54)c23)cc1. The third-order valence-electron chi connectivity index (χ3n) is 9.32. The molecule has 0 aliphatic rings. The van der Waals surface area contributed by atoms with Gasteiger partial charge in [-0.05, 0) is 0 Å². The fraction of sp³-hybridized carbons (Fsp3) is 0.